The van der Waals surface area contributed by atoms with Gasteiger partial charge in [0.15, 0.2) is 0 Å². The monoisotopic (exact) mass is 335 g/mol. The number of nitrogens with one attached hydrogen (secondary N) is 2. The molecule has 1 aromatic rings. The number of halogens is 1. The molecule has 0 aromatic heterocycles. The Morgan fingerprint density at radius 3 is 2.74 bits per heavy atom. The lowest BCUT2D eigenvalue weighted by molar-refractivity contribution is -0.125. The molecular formula is C16H18ClN3O3. The molecule has 0 spiro atoms. The summed E-state index contributed by atoms with van der Waals surface area (Å²) in [6, 6.07) is 6.40. The lowest BCUT2D eigenvalue weighted by atomic mass is 9.96. The van der Waals surface area contributed by atoms with Crippen molar-refractivity contribution in [3.63, 3.8) is 0 Å². The van der Waals surface area contributed by atoms with Crippen molar-refractivity contribution in [1.82, 2.24) is 15.5 Å². The van der Waals surface area contributed by atoms with Crippen molar-refractivity contribution in [2.45, 2.75) is 12.5 Å². The number of benzene rings is 1. The third-order valence-corrected chi connectivity index (χ3v) is 4.25. The molecule has 0 saturated carbocycles. The normalized spacial score (nSPS) is 20.4. The summed E-state index contributed by atoms with van der Waals surface area (Å²) < 4.78 is 5.03. The average Bonchev–Trinajstić information content (AvgIpc) is 2.84. The number of amides is 3. The van der Waals surface area contributed by atoms with Crippen LogP contribution in [0.1, 0.15) is 18.0 Å². The Hall–Kier alpha value is -2.05. The number of rotatable bonds is 5. The van der Waals surface area contributed by atoms with Gasteiger partial charge in [-0.25, -0.2) is 4.79 Å². The predicted octanol–water partition coefficient (Wildman–Crippen LogP) is 1.83. The molecule has 3 rings (SSSR count). The second kappa shape index (κ2) is 6.60. The van der Waals surface area contributed by atoms with Gasteiger partial charge in [0, 0.05) is 25.3 Å². The molecule has 23 heavy (non-hydrogen) atoms. The summed E-state index contributed by atoms with van der Waals surface area (Å²) in [5.41, 5.74) is 2.12. The highest BCUT2D eigenvalue weighted by molar-refractivity contribution is 6.30. The molecule has 1 atom stereocenters. The lowest BCUT2D eigenvalue weighted by Crippen LogP contribution is -2.44. The van der Waals surface area contributed by atoms with Gasteiger partial charge in [-0.15, -0.1) is 0 Å². The van der Waals surface area contributed by atoms with Gasteiger partial charge in [-0.05, 0) is 24.1 Å². The number of hydrogen-bond donors (Lipinski definition) is 2. The van der Waals surface area contributed by atoms with E-state index in [9.17, 15) is 9.59 Å². The van der Waals surface area contributed by atoms with E-state index in [0.717, 1.165) is 12.0 Å². The van der Waals surface area contributed by atoms with Gasteiger partial charge in [-0.2, -0.15) is 0 Å². The number of carbonyl (C=O) groups excluding carboxylic acids is 2. The zero-order valence-corrected chi connectivity index (χ0v) is 13.5. The van der Waals surface area contributed by atoms with Crippen LogP contribution in [0.3, 0.4) is 0 Å². The van der Waals surface area contributed by atoms with E-state index in [4.69, 9.17) is 16.3 Å². The maximum atomic E-state index is 12.7. The molecular weight excluding hydrogens is 318 g/mol. The molecule has 2 aliphatic rings. The van der Waals surface area contributed by atoms with Gasteiger partial charge < -0.3 is 20.3 Å². The summed E-state index contributed by atoms with van der Waals surface area (Å²) in [4.78, 5) is 26.3. The van der Waals surface area contributed by atoms with Gasteiger partial charge in [0.1, 0.15) is 0 Å². The summed E-state index contributed by atoms with van der Waals surface area (Å²) in [6.45, 7) is 1.62. The summed E-state index contributed by atoms with van der Waals surface area (Å²) in [5, 5.41) is 6.18. The molecule has 3 amide bonds. The lowest BCUT2D eigenvalue weighted by Gasteiger charge is -2.25. The molecule has 1 aromatic carbocycles. The first kappa shape index (κ1) is 15.8. The quantitative estimate of drug-likeness (QED) is 0.806. The van der Waals surface area contributed by atoms with Crippen molar-refractivity contribution in [3.05, 3.63) is 46.1 Å². The van der Waals surface area contributed by atoms with Crippen LogP contribution in [0.2, 0.25) is 5.02 Å². The second-order valence-electron chi connectivity index (χ2n) is 5.55. The maximum absolute atomic E-state index is 12.7. The van der Waals surface area contributed by atoms with Crippen LogP contribution in [-0.2, 0) is 9.53 Å². The summed E-state index contributed by atoms with van der Waals surface area (Å²) in [5.74, 6) is -0.0523. The topological polar surface area (TPSA) is 70.7 Å². The first-order valence-electron chi connectivity index (χ1n) is 7.44. The van der Waals surface area contributed by atoms with Crippen LogP contribution < -0.4 is 10.6 Å². The molecule has 0 unspecified atom stereocenters. The fourth-order valence-electron chi connectivity index (χ4n) is 2.91. The van der Waals surface area contributed by atoms with E-state index in [0.29, 0.717) is 36.0 Å². The number of methoxy groups -OCH3 is 1. The van der Waals surface area contributed by atoms with Crippen LogP contribution in [0, 0.1) is 0 Å². The van der Waals surface area contributed by atoms with Crippen LogP contribution in [-0.4, -0.2) is 43.6 Å². The Labute approximate surface area is 139 Å². The number of urea groups is 1. The molecule has 2 heterocycles. The van der Waals surface area contributed by atoms with Crippen molar-refractivity contribution in [3.8, 4) is 0 Å². The Bertz CT molecular complexity index is 657. The van der Waals surface area contributed by atoms with E-state index >= 15 is 0 Å². The Morgan fingerprint density at radius 1 is 1.30 bits per heavy atom. The first-order valence-corrected chi connectivity index (χ1v) is 7.82. The first-order chi connectivity index (χ1) is 11.1. The summed E-state index contributed by atoms with van der Waals surface area (Å²) in [7, 11) is 1.63. The van der Waals surface area contributed by atoms with Crippen molar-refractivity contribution in [2.75, 3.05) is 26.8 Å². The highest BCUT2D eigenvalue weighted by Crippen LogP contribution is 2.32. The highest BCUT2D eigenvalue weighted by Gasteiger charge is 2.39. The van der Waals surface area contributed by atoms with E-state index in [1.807, 2.05) is 12.1 Å². The number of ether oxygens (including phenoxy) is 1. The largest absolute Gasteiger partial charge is 0.385 e. The highest BCUT2D eigenvalue weighted by atomic mass is 35.5. The molecule has 0 aliphatic carbocycles. The maximum Gasteiger partial charge on any atom is 0.319 e. The molecule has 7 heteroatoms. The third-order valence-electron chi connectivity index (χ3n) is 4.00. The van der Waals surface area contributed by atoms with Gasteiger partial charge in [0.25, 0.3) is 5.91 Å². The van der Waals surface area contributed by atoms with Gasteiger partial charge in [0.05, 0.1) is 23.9 Å². The van der Waals surface area contributed by atoms with Crippen LogP contribution in [0.5, 0.6) is 0 Å². The van der Waals surface area contributed by atoms with Crippen LogP contribution in [0.25, 0.3) is 0 Å². The number of hydrogen-bond acceptors (Lipinski definition) is 3. The Balaban J connectivity index is 1.84. The number of nitrogens with zero attached hydrogens (tertiary/aromatic N) is 1. The molecule has 0 saturated heterocycles. The standard InChI is InChI=1S/C16H18ClN3O3/c1-23-8-2-7-20-9-12-13(15(20)21)14(19-16(22)18-12)10-3-5-11(17)6-4-10/h3-6,14H,2,7-9H2,1H3,(H2,18,19,22)/t14-/m0/s1. The molecule has 6 nitrogen and oxygen atoms in total. The Kier molecular flexibility index (Phi) is 4.54. The van der Waals surface area contributed by atoms with E-state index in [2.05, 4.69) is 10.6 Å². The van der Waals surface area contributed by atoms with Gasteiger partial charge in [-0.1, -0.05) is 23.7 Å². The smallest absolute Gasteiger partial charge is 0.319 e. The summed E-state index contributed by atoms with van der Waals surface area (Å²) in [6.07, 6.45) is 0.760. The zero-order valence-electron chi connectivity index (χ0n) is 12.8. The molecule has 0 bridgehead atoms. The predicted molar refractivity (Wildman–Crippen MR) is 86.0 cm³/mol. The van der Waals surface area contributed by atoms with Crippen molar-refractivity contribution >= 4 is 23.5 Å². The number of carbonyl (C=O) groups is 2. The van der Waals surface area contributed by atoms with Gasteiger partial charge in [0.2, 0.25) is 0 Å². The van der Waals surface area contributed by atoms with Crippen molar-refractivity contribution < 1.29 is 14.3 Å². The SMILES string of the molecule is COCCCN1CC2=C(C1=O)[C@H](c1ccc(Cl)cc1)NC(=O)N2. The van der Waals surface area contributed by atoms with Gasteiger partial charge in [-0.3, -0.25) is 4.79 Å². The van der Waals surface area contributed by atoms with E-state index in [1.54, 1.807) is 24.1 Å². The van der Waals surface area contributed by atoms with E-state index in [1.165, 1.54) is 0 Å². The van der Waals surface area contributed by atoms with Crippen molar-refractivity contribution in [1.29, 1.82) is 0 Å². The third kappa shape index (κ3) is 3.18. The van der Waals surface area contributed by atoms with Crippen LogP contribution in [0.15, 0.2) is 35.5 Å². The van der Waals surface area contributed by atoms with Crippen LogP contribution >= 0.6 is 11.6 Å². The average molecular weight is 336 g/mol. The van der Waals surface area contributed by atoms with E-state index < -0.39 is 6.04 Å². The molecule has 2 N–H and O–H groups in total. The molecule has 122 valence electrons. The minimum atomic E-state index is -0.448. The van der Waals surface area contributed by atoms with Crippen molar-refractivity contribution in [2.24, 2.45) is 0 Å². The minimum Gasteiger partial charge on any atom is -0.385 e. The molecule has 0 radical (unpaired) electrons. The van der Waals surface area contributed by atoms with E-state index in [-0.39, 0.29) is 11.9 Å². The van der Waals surface area contributed by atoms with Gasteiger partial charge >= 0.3 is 6.03 Å². The zero-order chi connectivity index (χ0) is 16.4. The Morgan fingerprint density at radius 2 is 2.04 bits per heavy atom. The fraction of sp³-hybridized carbons (Fsp3) is 0.375. The van der Waals surface area contributed by atoms with Crippen LogP contribution in [0.4, 0.5) is 4.79 Å². The molecule has 0 fully saturated rings. The molecule has 2 aliphatic heterocycles. The summed E-state index contributed by atoms with van der Waals surface area (Å²) >= 11 is 5.91. The minimum absolute atomic E-state index is 0.0523. The second-order valence-corrected chi connectivity index (χ2v) is 5.98. The fourth-order valence-corrected chi connectivity index (χ4v) is 3.04.